The number of nitrogens with two attached hydrogens (primary N) is 1. The molecule has 8 heteroatoms. The molecule has 2 N–H and O–H groups in total. The van der Waals surface area contributed by atoms with Gasteiger partial charge in [0.05, 0.1) is 9.37 Å². The van der Waals surface area contributed by atoms with Crippen LogP contribution < -0.4 is 5.73 Å². The molecule has 1 atom stereocenters. The van der Waals surface area contributed by atoms with Crippen LogP contribution in [0.2, 0.25) is 5.02 Å². The van der Waals surface area contributed by atoms with Gasteiger partial charge in [-0.2, -0.15) is 16.1 Å². The van der Waals surface area contributed by atoms with E-state index in [1.54, 1.807) is 18.8 Å². The second-order valence-corrected chi connectivity index (χ2v) is 8.69. The largest absolute Gasteiger partial charge is 0.398 e. The summed E-state index contributed by atoms with van der Waals surface area (Å²) in [5.41, 5.74) is 6.07. The van der Waals surface area contributed by atoms with Crippen LogP contribution in [-0.2, 0) is 10.0 Å². The van der Waals surface area contributed by atoms with Crippen molar-refractivity contribution in [2.45, 2.75) is 17.4 Å². The van der Waals surface area contributed by atoms with Crippen molar-refractivity contribution in [3.05, 3.63) is 21.6 Å². The van der Waals surface area contributed by atoms with E-state index in [-0.39, 0.29) is 10.9 Å². The van der Waals surface area contributed by atoms with E-state index in [2.05, 4.69) is 15.9 Å². The van der Waals surface area contributed by atoms with Crippen LogP contribution in [0.5, 0.6) is 0 Å². The zero-order valence-electron chi connectivity index (χ0n) is 10.3. The molecule has 0 amide bonds. The van der Waals surface area contributed by atoms with Crippen molar-refractivity contribution in [2.24, 2.45) is 0 Å². The van der Waals surface area contributed by atoms with Crippen LogP contribution in [0.15, 0.2) is 21.5 Å². The first-order valence-electron chi connectivity index (χ1n) is 5.64. The van der Waals surface area contributed by atoms with Gasteiger partial charge in [-0.05, 0) is 40.2 Å². The van der Waals surface area contributed by atoms with Gasteiger partial charge in [0, 0.05) is 29.6 Å². The van der Waals surface area contributed by atoms with Crippen molar-refractivity contribution >= 4 is 55.0 Å². The zero-order valence-corrected chi connectivity index (χ0v) is 14.2. The Labute approximate surface area is 130 Å². The maximum atomic E-state index is 12.6. The Hall–Kier alpha value is 0.0500. The Morgan fingerprint density at radius 1 is 1.53 bits per heavy atom. The quantitative estimate of drug-likeness (QED) is 0.813. The third-order valence-electron chi connectivity index (χ3n) is 3.11. The van der Waals surface area contributed by atoms with Gasteiger partial charge >= 0.3 is 0 Å². The van der Waals surface area contributed by atoms with Gasteiger partial charge < -0.3 is 5.73 Å². The molecule has 4 nitrogen and oxygen atoms in total. The smallest absolute Gasteiger partial charge is 0.244 e. The summed E-state index contributed by atoms with van der Waals surface area (Å²) < 4.78 is 27.0. The highest BCUT2D eigenvalue weighted by atomic mass is 79.9. The fraction of sp³-hybridized carbons (Fsp3) is 0.455. The molecule has 1 heterocycles. The summed E-state index contributed by atoms with van der Waals surface area (Å²) >= 11 is 10.9. The Bertz CT molecular complexity index is 589. The van der Waals surface area contributed by atoms with Gasteiger partial charge in [0.25, 0.3) is 0 Å². The van der Waals surface area contributed by atoms with Gasteiger partial charge in [-0.25, -0.2) is 8.42 Å². The minimum absolute atomic E-state index is 0.0297. The number of nitrogens with zero attached hydrogens (tertiary/aromatic N) is 1. The molecule has 1 saturated heterocycles. The summed E-state index contributed by atoms with van der Waals surface area (Å²) in [5.74, 6) is 1.81. The predicted octanol–water partition coefficient (Wildman–Crippen LogP) is 2.81. The normalized spacial score (nSPS) is 20.1. The molecule has 0 radical (unpaired) electrons. The van der Waals surface area contributed by atoms with Crippen LogP contribution in [0.25, 0.3) is 0 Å². The van der Waals surface area contributed by atoms with Gasteiger partial charge in [0.2, 0.25) is 10.0 Å². The Balaban J connectivity index is 2.44. The topological polar surface area (TPSA) is 63.4 Å². The number of thioether (sulfide) groups is 1. The lowest BCUT2D eigenvalue weighted by molar-refractivity contribution is 0.394. The third-order valence-corrected chi connectivity index (χ3v) is 7.55. The number of hydrogen-bond acceptors (Lipinski definition) is 4. The van der Waals surface area contributed by atoms with Crippen molar-refractivity contribution in [2.75, 3.05) is 24.3 Å². The van der Waals surface area contributed by atoms with Crippen LogP contribution in [0.4, 0.5) is 5.69 Å². The Kier molecular flexibility index (Phi) is 4.72. The molecule has 0 bridgehead atoms. The summed E-state index contributed by atoms with van der Waals surface area (Å²) in [5, 5.41) is 0.313. The summed E-state index contributed by atoms with van der Waals surface area (Å²) in [4.78, 5) is 0.122. The number of nitrogen functional groups attached to an aromatic ring is 1. The standard InChI is InChI=1S/C11H14BrClN2O2S2/c1-15(8-2-3-18-6-8)19(16,17)10-5-7(13)4-9(14)11(10)12/h4-5,8H,2-3,6,14H2,1H3. The molecule has 106 valence electrons. The fourth-order valence-electron chi connectivity index (χ4n) is 1.93. The van der Waals surface area contributed by atoms with Gasteiger partial charge in [-0.15, -0.1) is 0 Å². The maximum absolute atomic E-state index is 12.6. The molecule has 1 aromatic carbocycles. The molecule has 0 aromatic heterocycles. The van der Waals surface area contributed by atoms with Crippen LogP contribution in [0.3, 0.4) is 0 Å². The van der Waals surface area contributed by atoms with Crippen molar-refractivity contribution in [3.8, 4) is 0 Å². The summed E-state index contributed by atoms with van der Waals surface area (Å²) in [7, 11) is -1.98. The lowest BCUT2D eigenvalue weighted by Crippen LogP contribution is -2.37. The molecule has 0 aliphatic carbocycles. The van der Waals surface area contributed by atoms with E-state index in [0.29, 0.717) is 15.2 Å². The van der Waals surface area contributed by atoms with Crippen LogP contribution in [-0.4, -0.2) is 37.3 Å². The molecule has 1 aliphatic heterocycles. The highest BCUT2D eigenvalue weighted by Crippen LogP contribution is 2.34. The molecule has 1 aromatic rings. The molecule has 19 heavy (non-hydrogen) atoms. The zero-order chi connectivity index (χ0) is 14.2. The monoisotopic (exact) mass is 384 g/mol. The van der Waals surface area contributed by atoms with Crippen LogP contribution >= 0.6 is 39.3 Å². The summed E-state index contributed by atoms with van der Waals surface area (Å²) in [6, 6.07) is 2.98. The maximum Gasteiger partial charge on any atom is 0.244 e. The lowest BCUT2D eigenvalue weighted by Gasteiger charge is -2.24. The van der Waals surface area contributed by atoms with Crippen LogP contribution in [0.1, 0.15) is 6.42 Å². The number of halogens is 2. The van der Waals surface area contributed by atoms with E-state index < -0.39 is 10.0 Å². The molecule has 0 spiro atoms. The minimum atomic E-state index is -3.59. The lowest BCUT2D eigenvalue weighted by atomic mass is 10.3. The van der Waals surface area contributed by atoms with Crippen molar-refractivity contribution in [1.82, 2.24) is 4.31 Å². The number of sulfonamides is 1. The second kappa shape index (κ2) is 5.81. The van der Waals surface area contributed by atoms with Crippen molar-refractivity contribution in [1.29, 1.82) is 0 Å². The molecule has 1 unspecified atom stereocenters. The molecular weight excluding hydrogens is 372 g/mol. The molecular formula is C11H14BrClN2O2S2. The highest BCUT2D eigenvalue weighted by Gasteiger charge is 2.32. The Morgan fingerprint density at radius 3 is 2.79 bits per heavy atom. The predicted molar refractivity (Wildman–Crippen MR) is 84.2 cm³/mol. The molecule has 0 saturated carbocycles. The van der Waals surface area contributed by atoms with E-state index in [4.69, 9.17) is 17.3 Å². The average molecular weight is 386 g/mol. The van der Waals surface area contributed by atoms with Crippen molar-refractivity contribution < 1.29 is 8.42 Å². The SMILES string of the molecule is CN(C1CCSC1)S(=O)(=O)c1cc(Cl)cc(N)c1Br. The van der Waals surface area contributed by atoms with Gasteiger partial charge in [0.15, 0.2) is 0 Å². The number of anilines is 1. The minimum Gasteiger partial charge on any atom is -0.398 e. The van der Waals surface area contributed by atoms with Crippen molar-refractivity contribution in [3.63, 3.8) is 0 Å². The molecule has 2 rings (SSSR count). The van der Waals surface area contributed by atoms with Gasteiger partial charge in [0.1, 0.15) is 0 Å². The van der Waals surface area contributed by atoms with E-state index in [1.807, 2.05) is 0 Å². The van der Waals surface area contributed by atoms with E-state index in [1.165, 1.54) is 16.4 Å². The first kappa shape index (κ1) is 15.4. The van der Waals surface area contributed by atoms with E-state index >= 15 is 0 Å². The molecule has 1 aliphatic rings. The van der Waals surface area contributed by atoms with E-state index in [9.17, 15) is 8.42 Å². The highest BCUT2D eigenvalue weighted by molar-refractivity contribution is 9.10. The number of benzene rings is 1. The fourth-order valence-corrected chi connectivity index (χ4v) is 5.93. The average Bonchev–Trinajstić information content (AvgIpc) is 2.86. The van der Waals surface area contributed by atoms with E-state index in [0.717, 1.165) is 17.9 Å². The molecule has 1 fully saturated rings. The number of rotatable bonds is 3. The third kappa shape index (κ3) is 3.05. The van der Waals surface area contributed by atoms with Gasteiger partial charge in [-0.1, -0.05) is 11.6 Å². The van der Waals surface area contributed by atoms with Crippen LogP contribution in [0, 0.1) is 0 Å². The Morgan fingerprint density at radius 2 is 2.21 bits per heavy atom. The first-order valence-corrected chi connectivity index (χ1v) is 9.41. The second-order valence-electron chi connectivity index (χ2n) is 4.35. The first-order chi connectivity index (χ1) is 8.84. The summed E-state index contributed by atoms with van der Waals surface area (Å²) in [6.45, 7) is 0. The summed E-state index contributed by atoms with van der Waals surface area (Å²) in [6.07, 6.45) is 0.869. The van der Waals surface area contributed by atoms with Gasteiger partial charge in [-0.3, -0.25) is 0 Å². The number of hydrogen-bond donors (Lipinski definition) is 1.